The van der Waals surface area contributed by atoms with Crippen molar-refractivity contribution in [3.05, 3.63) is 39.5 Å². The molecule has 0 aromatic carbocycles. The van der Waals surface area contributed by atoms with E-state index in [-0.39, 0.29) is 5.91 Å². The van der Waals surface area contributed by atoms with Gasteiger partial charge in [0.2, 0.25) is 0 Å². The molecule has 0 radical (unpaired) electrons. The van der Waals surface area contributed by atoms with Gasteiger partial charge < -0.3 is 0 Å². The van der Waals surface area contributed by atoms with Crippen LogP contribution in [-0.2, 0) is 0 Å². The molecule has 0 atom stereocenters. The fourth-order valence-corrected chi connectivity index (χ4v) is 3.35. The average Bonchev–Trinajstić information content (AvgIpc) is 3.12. The van der Waals surface area contributed by atoms with Crippen LogP contribution in [0.1, 0.15) is 10.5 Å². The van der Waals surface area contributed by atoms with Gasteiger partial charge in [0.05, 0.1) is 16.1 Å². The molecule has 0 aliphatic heterocycles. The maximum Gasteiger partial charge on any atom is 0.276 e. The first-order chi connectivity index (χ1) is 8.83. The average molecular weight is 293 g/mol. The van der Waals surface area contributed by atoms with E-state index in [0.717, 1.165) is 10.6 Å². The molecule has 3 aromatic rings. The summed E-state index contributed by atoms with van der Waals surface area (Å²) < 4.78 is 0. The molecule has 0 spiro atoms. The zero-order chi connectivity index (χ0) is 12.4. The zero-order valence-electron chi connectivity index (χ0n) is 8.99. The van der Waals surface area contributed by atoms with Gasteiger partial charge in [0.25, 0.3) is 5.91 Å². The molecule has 0 unspecified atom stereocenters. The fraction of sp³-hybridized carbons (Fsp3) is 0. The van der Waals surface area contributed by atoms with Gasteiger partial charge in [-0.3, -0.25) is 10.1 Å². The summed E-state index contributed by atoms with van der Waals surface area (Å²) in [6, 6.07) is 3.98. The number of carbonyl (C=O) groups excluding carboxylic acids is 1. The van der Waals surface area contributed by atoms with E-state index < -0.39 is 0 Å². The molecule has 3 rings (SSSR count). The summed E-state index contributed by atoms with van der Waals surface area (Å²) >= 11 is 4.43. The summed E-state index contributed by atoms with van der Waals surface area (Å²) in [4.78, 5) is 21.2. The van der Waals surface area contributed by atoms with Gasteiger partial charge in [-0.2, -0.15) is 0 Å². The lowest BCUT2D eigenvalue weighted by molar-refractivity contribution is 0.102. The van der Waals surface area contributed by atoms with E-state index in [0.29, 0.717) is 10.8 Å². The maximum absolute atomic E-state index is 11.8. The first kappa shape index (κ1) is 11.5. The number of thiophene rings is 1. The first-order valence-electron chi connectivity index (χ1n) is 5.02. The van der Waals surface area contributed by atoms with Gasteiger partial charge >= 0.3 is 0 Å². The lowest BCUT2D eigenvalue weighted by atomic mass is 10.4. The Morgan fingerprint density at radius 3 is 2.94 bits per heavy atom. The predicted molar refractivity (Wildman–Crippen MR) is 75.5 cm³/mol. The molecule has 0 aliphatic carbocycles. The molecule has 7 heteroatoms. The van der Waals surface area contributed by atoms with Crippen molar-refractivity contribution in [2.24, 2.45) is 0 Å². The molecule has 3 aromatic heterocycles. The number of hydrogen-bond donors (Lipinski definition) is 1. The van der Waals surface area contributed by atoms with Crippen LogP contribution in [-0.4, -0.2) is 15.9 Å². The van der Waals surface area contributed by atoms with Crippen molar-refractivity contribution in [2.75, 3.05) is 5.32 Å². The lowest BCUT2D eigenvalue weighted by Gasteiger charge is -1.96. The van der Waals surface area contributed by atoms with Gasteiger partial charge in [-0.25, -0.2) is 9.97 Å². The molecule has 1 amide bonds. The number of anilines is 1. The summed E-state index contributed by atoms with van der Waals surface area (Å²) in [6.45, 7) is 0. The van der Waals surface area contributed by atoms with Crippen LogP contribution in [0.25, 0.3) is 10.6 Å². The number of amides is 1. The van der Waals surface area contributed by atoms with Crippen molar-refractivity contribution >= 4 is 45.0 Å². The second-order valence-corrected chi connectivity index (χ2v) is 5.87. The smallest absolute Gasteiger partial charge is 0.276 e. The molecule has 0 fully saturated rings. The number of nitrogens with one attached hydrogen (secondary N) is 1. The van der Waals surface area contributed by atoms with Crippen molar-refractivity contribution in [3.63, 3.8) is 0 Å². The number of aromatic nitrogens is 2. The van der Waals surface area contributed by atoms with E-state index in [1.807, 2.05) is 22.9 Å². The minimum absolute atomic E-state index is 0.219. The first-order valence-corrected chi connectivity index (χ1v) is 7.72. The summed E-state index contributed by atoms with van der Waals surface area (Å²) in [5.41, 5.74) is 2.95. The third-order valence-corrected chi connectivity index (χ3v) is 4.40. The van der Waals surface area contributed by atoms with E-state index >= 15 is 0 Å². The fourth-order valence-electron chi connectivity index (χ4n) is 1.35. The van der Waals surface area contributed by atoms with Crippen LogP contribution < -0.4 is 5.32 Å². The van der Waals surface area contributed by atoms with Gasteiger partial charge in [0.1, 0.15) is 5.69 Å². The summed E-state index contributed by atoms with van der Waals surface area (Å²) in [7, 11) is 0. The van der Waals surface area contributed by atoms with Crippen LogP contribution in [0, 0.1) is 0 Å². The number of nitrogens with zero attached hydrogens (tertiary/aromatic N) is 2. The Kier molecular flexibility index (Phi) is 3.18. The largest absolute Gasteiger partial charge is 0.296 e. The van der Waals surface area contributed by atoms with Crippen LogP contribution in [0.4, 0.5) is 5.13 Å². The van der Waals surface area contributed by atoms with Crippen molar-refractivity contribution in [3.8, 4) is 10.6 Å². The van der Waals surface area contributed by atoms with Gasteiger partial charge in [-0.1, -0.05) is 6.07 Å². The topological polar surface area (TPSA) is 54.9 Å². The van der Waals surface area contributed by atoms with Crippen molar-refractivity contribution in [1.82, 2.24) is 9.97 Å². The van der Waals surface area contributed by atoms with Crippen molar-refractivity contribution in [2.45, 2.75) is 0 Å². The quantitative estimate of drug-likeness (QED) is 0.803. The standard InChI is InChI=1S/C11H7N3OS3/c15-10(8-4-16-6-12-8)14-11-13-7(5-18-11)9-2-1-3-17-9/h1-6H,(H,13,14,15). The maximum atomic E-state index is 11.8. The number of hydrogen-bond acceptors (Lipinski definition) is 6. The number of thiazole rings is 2. The Morgan fingerprint density at radius 1 is 1.28 bits per heavy atom. The molecule has 1 N–H and O–H groups in total. The highest BCUT2D eigenvalue weighted by Gasteiger charge is 2.11. The lowest BCUT2D eigenvalue weighted by Crippen LogP contribution is -2.11. The molecular formula is C11H7N3OS3. The molecule has 0 aliphatic rings. The SMILES string of the molecule is O=C(Nc1nc(-c2cccs2)cs1)c1cscn1. The Hall–Kier alpha value is -1.57. The predicted octanol–water partition coefficient (Wildman–Crippen LogP) is 3.58. The van der Waals surface area contributed by atoms with Gasteiger partial charge in [-0.05, 0) is 11.4 Å². The molecule has 90 valence electrons. The second kappa shape index (κ2) is 4.97. The van der Waals surface area contributed by atoms with E-state index in [1.165, 1.54) is 22.7 Å². The Labute approximate surface area is 115 Å². The monoisotopic (exact) mass is 293 g/mol. The van der Waals surface area contributed by atoms with Crippen LogP contribution >= 0.6 is 34.0 Å². The summed E-state index contributed by atoms with van der Waals surface area (Å²) in [6.07, 6.45) is 0. The minimum Gasteiger partial charge on any atom is -0.296 e. The van der Waals surface area contributed by atoms with E-state index in [1.54, 1.807) is 22.2 Å². The van der Waals surface area contributed by atoms with Crippen molar-refractivity contribution in [1.29, 1.82) is 0 Å². The molecule has 4 nitrogen and oxygen atoms in total. The normalized spacial score (nSPS) is 10.4. The molecule has 18 heavy (non-hydrogen) atoms. The minimum atomic E-state index is -0.219. The van der Waals surface area contributed by atoms with Crippen LogP contribution in [0.15, 0.2) is 33.8 Å². The Balaban J connectivity index is 1.76. The molecular weight excluding hydrogens is 286 g/mol. The summed E-state index contributed by atoms with van der Waals surface area (Å²) in [5.74, 6) is -0.219. The molecule has 0 bridgehead atoms. The van der Waals surface area contributed by atoms with Crippen LogP contribution in [0.3, 0.4) is 0 Å². The van der Waals surface area contributed by atoms with Gasteiger partial charge in [0, 0.05) is 10.8 Å². The number of carbonyl (C=O) groups is 1. The Bertz CT molecular complexity index is 643. The van der Waals surface area contributed by atoms with Gasteiger partial charge in [0.15, 0.2) is 5.13 Å². The van der Waals surface area contributed by atoms with Crippen LogP contribution in [0.5, 0.6) is 0 Å². The highest BCUT2D eigenvalue weighted by Crippen LogP contribution is 2.28. The van der Waals surface area contributed by atoms with E-state index in [4.69, 9.17) is 0 Å². The highest BCUT2D eigenvalue weighted by molar-refractivity contribution is 7.16. The second-order valence-electron chi connectivity index (χ2n) is 3.34. The van der Waals surface area contributed by atoms with E-state index in [2.05, 4.69) is 15.3 Å². The Morgan fingerprint density at radius 2 is 2.22 bits per heavy atom. The molecule has 3 heterocycles. The van der Waals surface area contributed by atoms with E-state index in [9.17, 15) is 4.79 Å². The third kappa shape index (κ3) is 2.33. The highest BCUT2D eigenvalue weighted by atomic mass is 32.1. The third-order valence-electron chi connectivity index (χ3n) is 2.16. The van der Waals surface area contributed by atoms with Crippen LogP contribution in [0.2, 0.25) is 0 Å². The molecule has 0 saturated carbocycles. The molecule has 0 saturated heterocycles. The van der Waals surface area contributed by atoms with Gasteiger partial charge in [-0.15, -0.1) is 34.0 Å². The summed E-state index contributed by atoms with van der Waals surface area (Å²) in [5, 5.41) is 8.98. The number of rotatable bonds is 3. The van der Waals surface area contributed by atoms with Crippen molar-refractivity contribution < 1.29 is 4.79 Å². The zero-order valence-corrected chi connectivity index (χ0v) is 11.4.